The van der Waals surface area contributed by atoms with E-state index in [2.05, 4.69) is 0 Å². The van der Waals surface area contributed by atoms with Crippen molar-refractivity contribution >= 4 is 45.7 Å². The highest BCUT2D eigenvalue weighted by atomic mass is 32.2. The largest absolute Gasteiger partial charge is 0.497 e. The van der Waals surface area contributed by atoms with E-state index in [0.717, 1.165) is 28.1 Å². The van der Waals surface area contributed by atoms with Crippen LogP contribution >= 0.6 is 11.8 Å². The molecule has 1 fully saturated rings. The Morgan fingerprint density at radius 3 is 2.42 bits per heavy atom. The molecular formula is C29H21NO5S. The first kappa shape index (κ1) is 23.4. The summed E-state index contributed by atoms with van der Waals surface area (Å²) in [6, 6.07) is 27.2. The van der Waals surface area contributed by atoms with Gasteiger partial charge in [-0.05, 0) is 64.5 Å². The fourth-order valence-electron chi connectivity index (χ4n) is 3.96. The van der Waals surface area contributed by atoms with E-state index in [9.17, 15) is 14.4 Å². The minimum atomic E-state index is -0.539. The van der Waals surface area contributed by atoms with E-state index in [1.165, 1.54) is 4.90 Å². The normalized spacial score (nSPS) is 14.5. The lowest BCUT2D eigenvalue weighted by Crippen LogP contribution is -2.27. The number of fused-ring (bicyclic) bond motifs is 1. The number of hydrogen-bond acceptors (Lipinski definition) is 6. The number of amides is 2. The first-order valence-corrected chi connectivity index (χ1v) is 12.0. The van der Waals surface area contributed by atoms with Gasteiger partial charge in [-0.25, -0.2) is 4.79 Å². The average molecular weight is 496 g/mol. The molecule has 0 spiro atoms. The van der Waals surface area contributed by atoms with Crippen LogP contribution in [-0.4, -0.2) is 29.1 Å². The van der Waals surface area contributed by atoms with Gasteiger partial charge in [-0.3, -0.25) is 14.5 Å². The highest BCUT2D eigenvalue weighted by molar-refractivity contribution is 8.18. The number of hydrogen-bond donors (Lipinski definition) is 0. The molecule has 178 valence electrons. The molecule has 1 aliphatic rings. The summed E-state index contributed by atoms with van der Waals surface area (Å²) < 4.78 is 10.7. The lowest BCUT2D eigenvalue weighted by Gasteiger charge is -2.14. The highest BCUT2D eigenvalue weighted by Gasteiger charge is 2.35. The molecule has 36 heavy (non-hydrogen) atoms. The Labute approximate surface area is 212 Å². The molecule has 6 nitrogen and oxygen atoms in total. The van der Waals surface area contributed by atoms with Crippen LogP contribution in [0.15, 0.2) is 95.9 Å². The second-order valence-corrected chi connectivity index (χ2v) is 9.06. The number of rotatable bonds is 6. The fourth-order valence-corrected chi connectivity index (χ4v) is 4.79. The van der Waals surface area contributed by atoms with Gasteiger partial charge in [0.05, 0.1) is 24.1 Å². The summed E-state index contributed by atoms with van der Waals surface area (Å²) in [4.78, 5) is 40.1. The maximum Gasteiger partial charge on any atom is 0.343 e. The number of imide groups is 1. The zero-order valence-corrected chi connectivity index (χ0v) is 20.2. The topological polar surface area (TPSA) is 72.9 Å². The van der Waals surface area contributed by atoms with E-state index in [0.29, 0.717) is 22.6 Å². The van der Waals surface area contributed by atoms with Crippen LogP contribution in [0.2, 0.25) is 0 Å². The zero-order chi connectivity index (χ0) is 25.1. The molecule has 0 bridgehead atoms. The highest BCUT2D eigenvalue weighted by Crippen LogP contribution is 2.35. The van der Waals surface area contributed by atoms with Gasteiger partial charge in [-0.2, -0.15) is 0 Å². The summed E-state index contributed by atoms with van der Waals surface area (Å²) in [6.07, 6.45) is 1.59. The van der Waals surface area contributed by atoms with Crippen molar-refractivity contribution in [2.45, 2.75) is 6.54 Å². The number of nitrogens with zero attached hydrogens (tertiary/aromatic N) is 1. The molecule has 7 heteroatoms. The SMILES string of the molecule is COc1ccc(C(=O)Oc2ccccc2/C=C2\SC(=O)N(Cc3cccc4ccccc34)C2=O)cc1. The Hall–Kier alpha value is -4.36. The van der Waals surface area contributed by atoms with Gasteiger partial charge in [0.25, 0.3) is 11.1 Å². The third kappa shape index (κ3) is 4.74. The molecule has 1 saturated heterocycles. The number of methoxy groups -OCH3 is 1. The summed E-state index contributed by atoms with van der Waals surface area (Å²) in [5, 5.41) is 1.70. The summed E-state index contributed by atoms with van der Waals surface area (Å²) in [6.45, 7) is 0.178. The Balaban J connectivity index is 1.37. The van der Waals surface area contributed by atoms with Crippen LogP contribution in [0.5, 0.6) is 11.5 Å². The summed E-state index contributed by atoms with van der Waals surface area (Å²) in [7, 11) is 1.55. The van der Waals surface area contributed by atoms with E-state index in [-0.39, 0.29) is 22.6 Å². The molecule has 0 unspecified atom stereocenters. The van der Waals surface area contributed by atoms with Crippen molar-refractivity contribution in [3.8, 4) is 11.5 Å². The Bertz CT molecular complexity index is 1500. The van der Waals surface area contributed by atoms with Gasteiger partial charge >= 0.3 is 5.97 Å². The monoisotopic (exact) mass is 495 g/mol. The minimum Gasteiger partial charge on any atom is -0.497 e. The minimum absolute atomic E-state index is 0.178. The van der Waals surface area contributed by atoms with Gasteiger partial charge in [-0.15, -0.1) is 0 Å². The average Bonchev–Trinajstić information content (AvgIpc) is 3.17. The number of ether oxygens (including phenoxy) is 2. The van der Waals surface area contributed by atoms with Gasteiger partial charge in [0.2, 0.25) is 0 Å². The molecule has 0 saturated carbocycles. The number of thioether (sulfide) groups is 1. The standard InChI is InChI=1S/C29H21NO5S/c1-34-23-15-13-20(14-16-23)28(32)35-25-12-5-3-8-21(25)17-26-27(31)30(29(33)36-26)18-22-10-6-9-19-7-2-4-11-24(19)22/h2-17H,18H2,1H3/b26-17-. The van der Waals surface area contributed by atoms with E-state index in [4.69, 9.17) is 9.47 Å². The molecule has 1 aliphatic heterocycles. The second-order valence-electron chi connectivity index (χ2n) is 8.06. The smallest absolute Gasteiger partial charge is 0.343 e. The molecular weight excluding hydrogens is 474 g/mol. The maximum atomic E-state index is 13.2. The maximum absolute atomic E-state index is 13.2. The lowest BCUT2D eigenvalue weighted by atomic mass is 10.0. The van der Waals surface area contributed by atoms with Crippen molar-refractivity contribution in [3.05, 3.63) is 113 Å². The van der Waals surface area contributed by atoms with E-state index in [1.807, 2.05) is 42.5 Å². The molecule has 0 aliphatic carbocycles. The van der Waals surface area contributed by atoms with Crippen molar-refractivity contribution in [2.24, 2.45) is 0 Å². The Kier molecular flexibility index (Phi) is 6.56. The molecule has 4 aromatic rings. The zero-order valence-electron chi connectivity index (χ0n) is 19.3. The summed E-state index contributed by atoms with van der Waals surface area (Å²) >= 11 is 0.873. The first-order valence-electron chi connectivity index (χ1n) is 11.2. The van der Waals surface area contributed by atoms with Gasteiger partial charge in [-0.1, -0.05) is 60.7 Å². The van der Waals surface area contributed by atoms with Crippen molar-refractivity contribution < 1.29 is 23.9 Å². The summed E-state index contributed by atoms with van der Waals surface area (Å²) in [5.74, 6) is 0.00197. The van der Waals surface area contributed by atoms with E-state index in [1.54, 1.807) is 61.7 Å². The number of para-hydroxylation sites is 1. The van der Waals surface area contributed by atoms with Gasteiger partial charge in [0.1, 0.15) is 11.5 Å². The first-order chi connectivity index (χ1) is 17.5. The van der Waals surface area contributed by atoms with Crippen LogP contribution in [0.1, 0.15) is 21.5 Å². The molecule has 5 rings (SSSR count). The third-order valence-corrected chi connectivity index (χ3v) is 6.72. The molecule has 0 aromatic heterocycles. The molecule has 4 aromatic carbocycles. The molecule has 0 N–H and O–H groups in total. The van der Waals surface area contributed by atoms with Crippen molar-refractivity contribution in [3.63, 3.8) is 0 Å². The van der Waals surface area contributed by atoms with Crippen LogP contribution < -0.4 is 9.47 Å². The van der Waals surface area contributed by atoms with Crippen LogP contribution in [0, 0.1) is 0 Å². The van der Waals surface area contributed by atoms with Gasteiger partial charge in [0.15, 0.2) is 0 Å². The van der Waals surface area contributed by atoms with Crippen molar-refractivity contribution in [2.75, 3.05) is 7.11 Å². The predicted molar refractivity (Wildman–Crippen MR) is 140 cm³/mol. The number of carbonyl (C=O) groups is 3. The predicted octanol–water partition coefficient (Wildman–Crippen LogP) is 6.30. The van der Waals surface area contributed by atoms with E-state index < -0.39 is 5.97 Å². The summed E-state index contributed by atoms with van der Waals surface area (Å²) in [5.41, 5.74) is 1.78. The molecule has 2 amide bonds. The van der Waals surface area contributed by atoms with Gasteiger partial charge < -0.3 is 9.47 Å². The Morgan fingerprint density at radius 1 is 0.889 bits per heavy atom. The van der Waals surface area contributed by atoms with Crippen LogP contribution in [0.25, 0.3) is 16.8 Å². The lowest BCUT2D eigenvalue weighted by molar-refractivity contribution is -0.123. The van der Waals surface area contributed by atoms with Crippen molar-refractivity contribution in [1.82, 2.24) is 4.90 Å². The number of esters is 1. The van der Waals surface area contributed by atoms with Crippen LogP contribution in [-0.2, 0) is 11.3 Å². The fraction of sp³-hybridized carbons (Fsp3) is 0.0690. The molecule has 0 atom stereocenters. The van der Waals surface area contributed by atoms with Crippen LogP contribution in [0.3, 0.4) is 0 Å². The molecule has 0 radical (unpaired) electrons. The number of benzene rings is 4. The van der Waals surface area contributed by atoms with Crippen LogP contribution in [0.4, 0.5) is 4.79 Å². The van der Waals surface area contributed by atoms with Crippen molar-refractivity contribution in [1.29, 1.82) is 0 Å². The quantitative estimate of drug-likeness (QED) is 0.177. The number of carbonyl (C=O) groups excluding carboxylic acids is 3. The second kappa shape index (κ2) is 10.1. The van der Waals surface area contributed by atoms with E-state index >= 15 is 0 Å². The van der Waals surface area contributed by atoms with Gasteiger partial charge in [0, 0.05) is 5.56 Å². The third-order valence-electron chi connectivity index (χ3n) is 5.82. The molecule has 1 heterocycles. The Morgan fingerprint density at radius 2 is 1.61 bits per heavy atom.